The lowest BCUT2D eigenvalue weighted by Gasteiger charge is -2.15. The topological polar surface area (TPSA) is 55.9 Å². The number of thiophene rings is 1. The van der Waals surface area contributed by atoms with E-state index in [9.17, 15) is 0 Å². The number of nitrogens with two attached hydrogens (primary N) is 1. The van der Waals surface area contributed by atoms with E-state index < -0.39 is 0 Å². The normalized spacial score (nSPS) is 12.9. The van der Waals surface area contributed by atoms with E-state index in [2.05, 4.69) is 42.7 Å². The Morgan fingerprint density at radius 2 is 2.17 bits per heavy atom. The van der Waals surface area contributed by atoms with Crippen molar-refractivity contribution in [1.29, 1.82) is 0 Å². The second kappa shape index (κ2) is 5.22. The standard InChI is InChI=1S/C13H20N4S/c1-8-5-11(7-18-8)13(15-14)6-12-9(2)16-17(4)10(12)3/h5,7,13,15H,6,14H2,1-4H3. The Kier molecular flexibility index (Phi) is 3.85. The molecule has 0 saturated heterocycles. The molecule has 3 N–H and O–H groups in total. The van der Waals surface area contributed by atoms with Crippen molar-refractivity contribution in [1.82, 2.24) is 15.2 Å². The van der Waals surface area contributed by atoms with E-state index in [1.54, 1.807) is 11.3 Å². The predicted octanol–water partition coefficient (Wildman–Crippen LogP) is 2.15. The van der Waals surface area contributed by atoms with E-state index in [-0.39, 0.29) is 6.04 Å². The van der Waals surface area contributed by atoms with E-state index in [1.165, 1.54) is 21.7 Å². The Morgan fingerprint density at radius 1 is 1.44 bits per heavy atom. The first-order valence-corrected chi connectivity index (χ1v) is 6.91. The maximum atomic E-state index is 5.70. The fraction of sp³-hybridized carbons (Fsp3) is 0.462. The van der Waals surface area contributed by atoms with E-state index in [4.69, 9.17) is 5.84 Å². The van der Waals surface area contributed by atoms with E-state index in [1.807, 2.05) is 11.7 Å². The van der Waals surface area contributed by atoms with E-state index in [0.717, 1.165) is 12.1 Å². The van der Waals surface area contributed by atoms with Gasteiger partial charge >= 0.3 is 0 Å². The lowest BCUT2D eigenvalue weighted by atomic mass is 10.00. The van der Waals surface area contributed by atoms with Crippen LogP contribution in [0, 0.1) is 20.8 Å². The monoisotopic (exact) mass is 264 g/mol. The molecule has 0 amide bonds. The van der Waals surface area contributed by atoms with Gasteiger partial charge in [0, 0.05) is 17.6 Å². The van der Waals surface area contributed by atoms with Crippen LogP contribution in [0.3, 0.4) is 0 Å². The molecule has 98 valence electrons. The molecule has 2 aromatic heterocycles. The van der Waals surface area contributed by atoms with Crippen LogP contribution >= 0.6 is 11.3 Å². The molecule has 4 nitrogen and oxygen atoms in total. The molecule has 0 saturated carbocycles. The van der Waals surface area contributed by atoms with Crippen LogP contribution in [-0.4, -0.2) is 9.78 Å². The molecule has 18 heavy (non-hydrogen) atoms. The lowest BCUT2D eigenvalue weighted by molar-refractivity contribution is 0.550. The third kappa shape index (κ3) is 2.48. The van der Waals surface area contributed by atoms with Crippen molar-refractivity contribution in [2.24, 2.45) is 12.9 Å². The number of aryl methyl sites for hydroxylation is 3. The van der Waals surface area contributed by atoms with Crippen molar-refractivity contribution in [3.05, 3.63) is 38.8 Å². The van der Waals surface area contributed by atoms with Gasteiger partial charge in [-0.1, -0.05) is 0 Å². The van der Waals surface area contributed by atoms with Gasteiger partial charge in [0.1, 0.15) is 0 Å². The zero-order chi connectivity index (χ0) is 13.3. The molecule has 2 rings (SSSR count). The quantitative estimate of drug-likeness (QED) is 0.657. The van der Waals surface area contributed by atoms with E-state index in [0.29, 0.717) is 0 Å². The van der Waals surface area contributed by atoms with Gasteiger partial charge in [-0.3, -0.25) is 16.0 Å². The highest BCUT2D eigenvalue weighted by Crippen LogP contribution is 2.25. The first kappa shape index (κ1) is 13.3. The SMILES string of the molecule is Cc1cc(C(Cc2c(C)nn(C)c2C)NN)cs1. The summed E-state index contributed by atoms with van der Waals surface area (Å²) in [6, 6.07) is 2.34. The minimum absolute atomic E-state index is 0.150. The summed E-state index contributed by atoms with van der Waals surface area (Å²) in [5, 5.41) is 6.62. The smallest absolute Gasteiger partial charge is 0.0629 e. The average molecular weight is 264 g/mol. The van der Waals surface area contributed by atoms with Gasteiger partial charge in [0.25, 0.3) is 0 Å². The maximum absolute atomic E-state index is 5.70. The van der Waals surface area contributed by atoms with E-state index >= 15 is 0 Å². The molecule has 0 bridgehead atoms. The van der Waals surface area contributed by atoms with Gasteiger partial charge in [-0.15, -0.1) is 11.3 Å². The first-order chi connectivity index (χ1) is 8.52. The van der Waals surface area contributed by atoms with Crippen LogP contribution in [0.15, 0.2) is 11.4 Å². The molecule has 0 radical (unpaired) electrons. The number of hydrazine groups is 1. The summed E-state index contributed by atoms with van der Waals surface area (Å²) in [6.07, 6.45) is 0.873. The predicted molar refractivity (Wildman–Crippen MR) is 75.5 cm³/mol. The number of aromatic nitrogens is 2. The van der Waals surface area contributed by atoms with Gasteiger partial charge in [-0.05, 0) is 49.8 Å². The highest BCUT2D eigenvalue weighted by molar-refractivity contribution is 7.10. The van der Waals surface area contributed by atoms with Crippen LogP contribution in [0.1, 0.15) is 33.4 Å². The summed E-state index contributed by atoms with van der Waals surface area (Å²) in [5.74, 6) is 5.70. The van der Waals surface area contributed by atoms with Gasteiger partial charge in [0.2, 0.25) is 0 Å². The first-order valence-electron chi connectivity index (χ1n) is 6.03. The van der Waals surface area contributed by atoms with Crippen molar-refractivity contribution in [3.8, 4) is 0 Å². The van der Waals surface area contributed by atoms with Gasteiger partial charge in [0.15, 0.2) is 0 Å². The van der Waals surface area contributed by atoms with Crippen molar-refractivity contribution in [2.45, 2.75) is 33.2 Å². The van der Waals surface area contributed by atoms with Crippen molar-refractivity contribution >= 4 is 11.3 Å². The largest absolute Gasteiger partial charge is 0.272 e. The second-order valence-electron chi connectivity index (χ2n) is 4.69. The molecule has 0 aliphatic rings. The van der Waals surface area contributed by atoms with Crippen LogP contribution in [0.2, 0.25) is 0 Å². The van der Waals surface area contributed by atoms with Gasteiger partial charge in [-0.25, -0.2) is 0 Å². The van der Waals surface area contributed by atoms with Crippen LogP contribution in [-0.2, 0) is 13.5 Å². The molecular weight excluding hydrogens is 244 g/mol. The Balaban J connectivity index is 2.25. The number of hydrogen-bond donors (Lipinski definition) is 2. The van der Waals surface area contributed by atoms with Crippen molar-refractivity contribution in [3.63, 3.8) is 0 Å². The van der Waals surface area contributed by atoms with Gasteiger partial charge < -0.3 is 0 Å². The van der Waals surface area contributed by atoms with Crippen LogP contribution in [0.25, 0.3) is 0 Å². The molecule has 1 unspecified atom stereocenters. The molecular formula is C13H20N4S. The number of rotatable bonds is 4. The average Bonchev–Trinajstić information content (AvgIpc) is 2.84. The Morgan fingerprint density at radius 3 is 2.61 bits per heavy atom. The highest BCUT2D eigenvalue weighted by atomic mass is 32.1. The minimum Gasteiger partial charge on any atom is -0.272 e. The molecule has 0 aliphatic heterocycles. The lowest BCUT2D eigenvalue weighted by Crippen LogP contribution is -2.29. The summed E-state index contributed by atoms with van der Waals surface area (Å²) in [4.78, 5) is 1.31. The number of nitrogens with one attached hydrogen (secondary N) is 1. The van der Waals surface area contributed by atoms with Gasteiger partial charge in [-0.2, -0.15) is 5.10 Å². The third-order valence-corrected chi connectivity index (χ3v) is 4.30. The molecule has 2 aromatic rings. The highest BCUT2D eigenvalue weighted by Gasteiger charge is 2.17. The van der Waals surface area contributed by atoms with Crippen molar-refractivity contribution < 1.29 is 0 Å². The number of hydrogen-bond acceptors (Lipinski definition) is 4. The minimum atomic E-state index is 0.150. The zero-order valence-electron chi connectivity index (χ0n) is 11.3. The van der Waals surface area contributed by atoms with Crippen LogP contribution in [0.4, 0.5) is 0 Å². The summed E-state index contributed by atoms with van der Waals surface area (Å²) in [5.41, 5.74) is 7.74. The van der Waals surface area contributed by atoms with Crippen LogP contribution < -0.4 is 11.3 Å². The molecule has 0 fully saturated rings. The molecule has 1 atom stereocenters. The second-order valence-corrected chi connectivity index (χ2v) is 5.80. The molecule has 0 aromatic carbocycles. The molecule has 0 spiro atoms. The Labute approximate surface area is 112 Å². The van der Waals surface area contributed by atoms with Crippen molar-refractivity contribution in [2.75, 3.05) is 0 Å². The molecule has 5 heteroatoms. The zero-order valence-corrected chi connectivity index (χ0v) is 12.1. The molecule has 0 aliphatic carbocycles. The Hall–Kier alpha value is -1.17. The number of nitrogens with zero attached hydrogens (tertiary/aromatic N) is 2. The summed E-state index contributed by atoms with van der Waals surface area (Å²) in [7, 11) is 1.98. The molecule has 2 heterocycles. The van der Waals surface area contributed by atoms with Crippen LogP contribution in [0.5, 0.6) is 0 Å². The summed E-state index contributed by atoms with van der Waals surface area (Å²) >= 11 is 1.76. The third-order valence-electron chi connectivity index (χ3n) is 3.42. The Bertz CT molecular complexity index is 541. The fourth-order valence-corrected chi connectivity index (χ4v) is 2.99. The maximum Gasteiger partial charge on any atom is 0.0629 e. The van der Waals surface area contributed by atoms with Gasteiger partial charge in [0.05, 0.1) is 11.7 Å². The fourth-order valence-electron chi connectivity index (χ4n) is 2.24. The summed E-state index contributed by atoms with van der Waals surface area (Å²) in [6.45, 7) is 6.26. The summed E-state index contributed by atoms with van der Waals surface area (Å²) < 4.78 is 1.93.